The van der Waals surface area contributed by atoms with Gasteiger partial charge in [-0.1, -0.05) is 30.3 Å². The van der Waals surface area contributed by atoms with Crippen molar-refractivity contribution in [2.45, 2.75) is 47.9 Å². The fourth-order valence-electron chi connectivity index (χ4n) is 2.91. The van der Waals surface area contributed by atoms with Crippen molar-refractivity contribution >= 4 is 25.8 Å². The second-order valence-corrected chi connectivity index (χ2v) is 11.2. The third-order valence-electron chi connectivity index (χ3n) is 4.79. The predicted octanol–water partition coefficient (Wildman–Crippen LogP) is 2.04. The summed E-state index contributed by atoms with van der Waals surface area (Å²) in [7, 11) is -6.81. The lowest BCUT2D eigenvalue weighted by molar-refractivity contribution is -0.121. The molecule has 1 aliphatic carbocycles. The number of amides is 1. The first-order chi connectivity index (χ1) is 14.3. The van der Waals surface area contributed by atoms with Gasteiger partial charge in [0.05, 0.1) is 15.5 Å². The number of sulfone groups is 1. The van der Waals surface area contributed by atoms with Gasteiger partial charge in [0.2, 0.25) is 15.9 Å². The van der Waals surface area contributed by atoms with E-state index >= 15 is 0 Å². The summed E-state index contributed by atoms with van der Waals surface area (Å²) in [6, 6.07) is 14.8. The van der Waals surface area contributed by atoms with Crippen molar-refractivity contribution in [2.75, 3.05) is 12.3 Å². The highest BCUT2D eigenvalue weighted by molar-refractivity contribution is 7.91. The molecule has 9 heteroatoms. The summed E-state index contributed by atoms with van der Waals surface area (Å²) in [6.07, 6.45) is 2.82. The molecule has 0 saturated heterocycles. The number of carbonyl (C=O) groups excluding carboxylic acids is 1. The molecule has 1 fully saturated rings. The summed E-state index contributed by atoms with van der Waals surface area (Å²) in [5.41, 5.74) is 0.863. The molecule has 0 atom stereocenters. The van der Waals surface area contributed by atoms with Crippen LogP contribution in [0.25, 0.3) is 0 Å². The summed E-state index contributed by atoms with van der Waals surface area (Å²) in [5.74, 6) is -0.193. The van der Waals surface area contributed by atoms with Crippen molar-refractivity contribution in [3.05, 3.63) is 60.2 Å². The first-order valence-electron chi connectivity index (χ1n) is 9.92. The molecule has 2 aromatic carbocycles. The van der Waals surface area contributed by atoms with Gasteiger partial charge in [-0.05, 0) is 55.5 Å². The molecular weight excluding hydrogens is 424 g/mol. The third-order valence-corrected chi connectivity index (χ3v) is 8.14. The van der Waals surface area contributed by atoms with E-state index in [1.807, 2.05) is 0 Å². The highest BCUT2D eigenvalue weighted by Gasteiger charge is 2.27. The lowest BCUT2D eigenvalue weighted by Crippen LogP contribution is -2.26. The highest BCUT2D eigenvalue weighted by Crippen LogP contribution is 2.22. The molecule has 3 rings (SSSR count). The van der Waals surface area contributed by atoms with E-state index in [1.54, 1.807) is 54.6 Å². The van der Waals surface area contributed by atoms with Crippen molar-refractivity contribution in [3.63, 3.8) is 0 Å². The molecule has 1 amide bonds. The Hall–Kier alpha value is -2.23. The summed E-state index contributed by atoms with van der Waals surface area (Å²) in [6.45, 7) is 0.287. The molecule has 0 heterocycles. The maximum atomic E-state index is 12.2. The second kappa shape index (κ2) is 9.72. The lowest BCUT2D eigenvalue weighted by atomic mass is 10.1. The molecule has 0 unspecified atom stereocenters. The van der Waals surface area contributed by atoms with E-state index in [-0.39, 0.29) is 40.5 Å². The van der Waals surface area contributed by atoms with E-state index < -0.39 is 19.9 Å². The van der Waals surface area contributed by atoms with Crippen molar-refractivity contribution in [1.29, 1.82) is 0 Å². The Morgan fingerprint density at radius 3 is 2.20 bits per heavy atom. The SMILES string of the molecule is O=C(CCc1ccc(S(=O)(=O)NC2CC2)cc1)NCCCS(=O)(=O)c1ccccc1. The van der Waals surface area contributed by atoms with Crippen LogP contribution in [0.5, 0.6) is 0 Å². The standard InChI is InChI=1S/C21H26N2O5S2/c24-21(22-15-4-16-29(25,26)19-5-2-1-3-6-19)14-9-17-7-12-20(13-8-17)30(27,28)23-18-10-11-18/h1-3,5-8,12-13,18,23H,4,9-11,14-16H2,(H,22,24). The largest absolute Gasteiger partial charge is 0.356 e. The summed E-state index contributed by atoms with van der Waals surface area (Å²) < 4.78 is 51.3. The molecule has 2 aromatic rings. The number of hydrogen-bond donors (Lipinski definition) is 2. The second-order valence-electron chi connectivity index (χ2n) is 7.37. The fourth-order valence-corrected chi connectivity index (χ4v) is 5.54. The van der Waals surface area contributed by atoms with Crippen LogP contribution in [-0.2, 0) is 31.1 Å². The first-order valence-corrected chi connectivity index (χ1v) is 13.1. The maximum Gasteiger partial charge on any atom is 0.240 e. The molecular formula is C21H26N2O5S2. The van der Waals surface area contributed by atoms with Gasteiger partial charge < -0.3 is 5.32 Å². The quantitative estimate of drug-likeness (QED) is 0.509. The minimum absolute atomic E-state index is 0.0257. The minimum atomic E-state index is -3.47. The molecule has 162 valence electrons. The monoisotopic (exact) mass is 450 g/mol. The van der Waals surface area contributed by atoms with Crippen LogP contribution in [0.15, 0.2) is 64.4 Å². The van der Waals surface area contributed by atoms with Crippen LogP contribution in [0.3, 0.4) is 0 Å². The Balaban J connectivity index is 1.38. The normalized spacial score (nSPS) is 14.4. The Labute approximate surface area is 177 Å². The summed E-state index contributed by atoms with van der Waals surface area (Å²) >= 11 is 0. The zero-order chi connectivity index (χ0) is 21.6. The van der Waals surface area contributed by atoms with E-state index in [9.17, 15) is 21.6 Å². The van der Waals surface area contributed by atoms with Gasteiger partial charge >= 0.3 is 0 Å². The zero-order valence-electron chi connectivity index (χ0n) is 16.6. The van der Waals surface area contributed by atoms with Gasteiger partial charge in [0.15, 0.2) is 9.84 Å². The smallest absolute Gasteiger partial charge is 0.240 e. The van der Waals surface area contributed by atoms with Gasteiger partial charge in [-0.2, -0.15) is 0 Å². The number of carbonyl (C=O) groups is 1. The summed E-state index contributed by atoms with van der Waals surface area (Å²) in [5, 5.41) is 2.73. The Bertz CT molecular complexity index is 1060. The average Bonchev–Trinajstić information content (AvgIpc) is 3.54. The Morgan fingerprint density at radius 2 is 1.57 bits per heavy atom. The van der Waals surface area contributed by atoms with Crippen LogP contribution in [0.2, 0.25) is 0 Å². The van der Waals surface area contributed by atoms with Crippen LogP contribution in [-0.4, -0.2) is 41.1 Å². The van der Waals surface area contributed by atoms with E-state index in [0.29, 0.717) is 12.8 Å². The van der Waals surface area contributed by atoms with Crippen molar-refractivity contribution in [3.8, 4) is 0 Å². The third kappa shape index (κ3) is 6.65. The van der Waals surface area contributed by atoms with Crippen LogP contribution in [0.1, 0.15) is 31.2 Å². The van der Waals surface area contributed by atoms with Gasteiger partial charge in [-0.3, -0.25) is 4.79 Å². The molecule has 0 spiro atoms. The van der Waals surface area contributed by atoms with Gasteiger partial charge in [0.25, 0.3) is 0 Å². The van der Waals surface area contributed by atoms with Gasteiger partial charge in [0.1, 0.15) is 0 Å². The summed E-state index contributed by atoms with van der Waals surface area (Å²) in [4.78, 5) is 12.5. The van der Waals surface area contributed by atoms with Gasteiger partial charge in [-0.25, -0.2) is 21.6 Å². The zero-order valence-corrected chi connectivity index (χ0v) is 18.2. The molecule has 1 aliphatic rings. The van der Waals surface area contributed by atoms with E-state index in [0.717, 1.165) is 18.4 Å². The lowest BCUT2D eigenvalue weighted by Gasteiger charge is -2.08. The number of benzene rings is 2. The van der Waals surface area contributed by atoms with Gasteiger partial charge in [-0.15, -0.1) is 0 Å². The van der Waals surface area contributed by atoms with Crippen LogP contribution >= 0.6 is 0 Å². The number of aryl methyl sites for hydroxylation is 1. The molecule has 7 nitrogen and oxygen atoms in total. The van der Waals surface area contributed by atoms with E-state index in [4.69, 9.17) is 0 Å². The Morgan fingerprint density at radius 1 is 0.900 bits per heavy atom. The van der Waals surface area contributed by atoms with Gasteiger partial charge in [0, 0.05) is 19.0 Å². The number of sulfonamides is 1. The number of hydrogen-bond acceptors (Lipinski definition) is 5. The number of nitrogens with one attached hydrogen (secondary N) is 2. The molecule has 1 saturated carbocycles. The highest BCUT2D eigenvalue weighted by atomic mass is 32.2. The topological polar surface area (TPSA) is 109 Å². The maximum absolute atomic E-state index is 12.2. The molecule has 0 aromatic heterocycles. The van der Waals surface area contributed by atoms with Crippen molar-refractivity contribution < 1.29 is 21.6 Å². The molecule has 30 heavy (non-hydrogen) atoms. The first kappa shape index (κ1) is 22.5. The predicted molar refractivity (Wildman–Crippen MR) is 114 cm³/mol. The van der Waals surface area contributed by atoms with E-state index in [1.165, 1.54) is 0 Å². The van der Waals surface area contributed by atoms with E-state index in [2.05, 4.69) is 10.0 Å². The average molecular weight is 451 g/mol. The van der Waals surface area contributed by atoms with Crippen LogP contribution in [0, 0.1) is 0 Å². The van der Waals surface area contributed by atoms with Crippen LogP contribution < -0.4 is 10.0 Å². The molecule has 2 N–H and O–H groups in total. The molecule has 0 bridgehead atoms. The number of rotatable bonds is 11. The fraction of sp³-hybridized carbons (Fsp3) is 0.381. The van der Waals surface area contributed by atoms with Crippen molar-refractivity contribution in [1.82, 2.24) is 10.0 Å². The van der Waals surface area contributed by atoms with Crippen LogP contribution in [0.4, 0.5) is 0 Å². The minimum Gasteiger partial charge on any atom is -0.356 e. The molecule has 0 radical (unpaired) electrons. The Kier molecular flexibility index (Phi) is 7.27. The van der Waals surface area contributed by atoms with Crippen molar-refractivity contribution in [2.24, 2.45) is 0 Å². The molecule has 0 aliphatic heterocycles.